The van der Waals surface area contributed by atoms with E-state index in [9.17, 15) is 4.39 Å². The standard InChI is InChI=1S/C9H13FN2/c1-9(2,3)12-7-4-5-8(10)11-6-7/h4-6,12H,1-3H3. The fourth-order valence-corrected chi connectivity index (χ4v) is 0.883. The molecule has 1 heterocycles. The number of anilines is 1. The van der Waals surface area contributed by atoms with Gasteiger partial charge < -0.3 is 5.32 Å². The van der Waals surface area contributed by atoms with Crippen LogP contribution >= 0.6 is 0 Å². The highest BCUT2D eigenvalue weighted by atomic mass is 19.1. The van der Waals surface area contributed by atoms with Crippen LogP contribution in [0.4, 0.5) is 10.1 Å². The Morgan fingerprint density at radius 1 is 1.33 bits per heavy atom. The largest absolute Gasteiger partial charge is 0.379 e. The van der Waals surface area contributed by atoms with Crippen molar-refractivity contribution < 1.29 is 4.39 Å². The summed E-state index contributed by atoms with van der Waals surface area (Å²) in [7, 11) is 0. The normalized spacial score (nSPS) is 11.3. The van der Waals surface area contributed by atoms with Gasteiger partial charge in [-0.2, -0.15) is 4.39 Å². The minimum atomic E-state index is -0.450. The molecule has 0 radical (unpaired) electrons. The van der Waals surface area contributed by atoms with E-state index in [4.69, 9.17) is 0 Å². The first-order valence-electron chi connectivity index (χ1n) is 3.87. The molecule has 0 saturated carbocycles. The molecule has 0 aliphatic carbocycles. The molecule has 0 atom stereocenters. The SMILES string of the molecule is CC(C)(C)Nc1ccc(F)nc1. The predicted octanol–water partition coefficient (Wildman–Crippen LogP) is 2.43. The molecule has 2 nitrogen and oxygen atoms in total. The van der Waals surface area contributed by atoms with Crippen molar-refractivity contribution in [1.82, 2.24) is 4.98 Å². The Morgan fingerprint density at radius 3 is 2.42 bits per heavy atom. The highest BCUT2D eigenvalue weighted by Gasteiger charge is 2.08. The van der Waals surface area contributed by atoms with Gasteiger partial charge in [-0.15, -0.1) is 0 Å². The molecule has 1 rings (SSSR count). The minimum Gasteiger partial charge on any atom is -0.379 e. The Balaban J connectivity index is 2.71. The molecule has 0 unspecified atom stereocenters. The first kappa shape index (κ1) is 8.97. The summed E-state index contributed by atoms with van der Waals surface area (Å²) in [4.78, 5) is 3.53. The number of nitrogens with zero attached hydrogens (tertiary/aromatic N) is 1. The number of pyridine rings is 1. The Labute approximate surface area is 71.8 Å². The van der Waals surface area contributed by atoms with Crippen LogP contribution in [0.2, 0.25) is 0 Å². The lowest BCUT2D eigenvalue weighted by atomic mass is 10.1. The number of hydrogen-bond donors (Lipinski definition) is 1. The first-order valence-corrected chi connectivity index (χ1v) is 3.87. The van der Waals surface area contributed by atoms with Gasteiger partial charge in [-0.3, -0.25) is 0 Å². The van der Waals surface area contributed by atoms with Crippen molar-refractivity contribution in [2.45, 2.75) is 26.3 Å². The van der Waals surface area contributed by atoms with Crippen LogP contribution in [0, 0.1) is 5.95 Å². The second-order valence-corrected chi connectivity index (χ2v) is 3.74. The van der Waals surface area contributed by atoms with Gasteiger partial charge in [-0.05, 0) is 32.9 Å². The lowest BCUT2D eigenvalue weighted by molar-refractivity contribution is 0.582. The van der Waals surface area contributed by atoms with E-state index < -0.39 is 5.95 Å². The van der Waals surface area contributed by atoms with Gasteiger partial charge in [0.2, 0.25) is 5.95 Å². The van der Waals surface area contributed by atoms with Crippen LogP contribution in [0.5, 0.6) is 0 Å². The zero-order chi connectivity index (χ0) is 9.19. The zero-order valence-electron chi connectivity index (χ0n) is 7.56. The van der Waals surface area contributed by atoms with Gasteiger partial charge in [0.1, 0.15) is 0 Å². The summed E-state index contributed by atoms with van der Waals surface area (Å²) in [5, 5.41) is 3.18. The molecule has 0 amide bonds. The Morgan fingerprint density at radius 2 is 2.00 bits per heavy atom. The molecule has 0 fully saturated rings. The second kappa shape index (κ2) is 3.09. The Bertz CT molecular complexity index is 248. The lowest BCUT2D eigenvalue weighted by Gasteiger charge is -2.21. The molecule has 0 saturated heterocycles. The van der Waals surface area contributed by atoms with E-state index in [1.807, 2.05) is 20.8 Å². The average Bonchev–Trinajstić information content (AvgIpc) is 1.91. The molecular weight excluding hydrogens is 155 g/mol. The van der Waals surface area contributed by atoms with E-state index in [1.54, 1.807) is 6.07 Å². The van der Waals surface area contributed by atoms with E-state index in [1.165, 1.54) is 12.3 Å². The maximum absolute atomic E-state index is 12.4. The van der Waals surface area contributed by atoms with Gasteiger partial charge in [0, 0.05) is 5.54 Å². The number of aromatic nitrogens is 1. The summed E-state index contributed by atoms with van der Waals surface area (Å²) in [6.07, 6.45) is 1.49. The smallest absolute Gasteiger partial charge is 0.212 e. The number of halogens is 1. The van der Waals surface area contributed by atoms with Crippen LogP contribution < -0.4 is 5.32 Å². The van der Waals surface area contributed by atoms with Crippen LogP contribution in [0.25, 0.3) is 0 Å². The van der Waals surface area contributed by atoms with Gasteiger partial charge in [0.15, 0.2) is 0 Å². The van der Waals surface area contributed by atoms with Crippen molar-refractivity contribution in [3.8, 4) is 0 Å². The van der Waals surface area contributed by atoms with Crippen molar-refractivity contribution in [3.05, 3.63) is 24.3 Å². The summed E-state index contributed by atoms with van der Waals surface area (Å²) in [5.41, 5.74) is 0.823. The zero-order valence-corrected chi connectivity index (χ0v) is 7.56. The van der Waals surface area contributed by atoms with Crippen LogP contribution in [0.15, 0.2) is 18.3 Å². The van der Waals surface area contributed by atoms with Crippen LogP contribution in [-0.4, -0.2) is 10.5 Å². The molecule has 1 aromatic rings. The summed E-state index contributed by atoms with van der Waals surface area (Å²) in [5.74, 6) is -0.450. The highest BCUT2D eigenvalue weighted by Crippen LogP contribution is 2.12. The van der Waals surface area contributed by atoms with Crippen molar-refractivity contribution in [2.24, 2.45) is 0 Å². The Hall–Kier alpha value is -1.12. The summed E-state index contributed by atoms with van der Waals surface area (Å²) in [6.45, 7) is 6.11. The third-order valence-electron chi connectivity index (χ3n) is 1.25. The molecule has 0 spiro atoms. The molecule has 0 aliphatic rings. The molecule has 0 bridgehead atoms. The van der Waals surface area contributed by atoms with E-state index >= 15 is 0 Å². The number of hydrogen-bond acceptors (Lipinski definition) is 2. The van der Waals surface area contributed by atoms with Gasteiger partial charge in [0.05, 0.1) is 11.9 Å². The first-order chi connectivity index (χ1) is 5.47. The maximum Gasteiger partial charge on any atom is 0.212 e. The summed E-state index contributed by atoms with van der Waals surface area (Å²) >= 11 is 0. The molecule has 1 aromatic heterocycles. The minimum absolute atomic E-state index is 0.0144. The molecule has 0 aromatic carbocycles. The fraction of sp³-hybridized carbons (Fsp3) is 0.444. The topological polar surface area (TPSA) is 24.9 Å². The van der Waals surface area contributed by atoms with Gasteiger partial charge >= 0.3 is 0 Å². The van der Waals surface area contributed by atoms with Crippen molar-refractivity contribution in [3.63, 3.8) is 0 Å². The summed E-state index contributed by atoms with van der Waals surface area (Å²) < 4.78 is 12.4. The third kappa shape index (κ3) is 2.86. The third-order valence-corrected chi connectivity index (χ3v) is 1.25. The molecule has 66 valence electrons. The second-order valence-electron chi connectivity index (χ2n) is 3.74. The lowest BCUT2D eigenvalue weighted by Crippen LogP contribution is -2.26. The predicted molar refractivity (Wildman–Crippen MR) is 47.6 cm³/mol. The van der Waals surface area contributed by atoms with Gasteiger partial charge in [-0.1, -0.05) is 0 Å². The van der Waals surface area contributed by atoms with Crippen molar-refractivity contribution in [2.75, 3.05) is 5.32 Å². The monoisotopic (exact) mass is 168 g/mol. The van der Waals surface area contributed by atoms with Gasteiger partial charge in [-0.25, -0.2) is 4.98 Å². The highest BCUT2D eigenvalue weighted by molar-refractivity contribution is 5.41. The number of nitrogens with one attached hydrogen (secondary N) is 1. The molecule has 3 heteroatoms. The molecule has 0 aliphatic heterocycles. The van der Waals surface area contributed by atoms with E-state index in [2.05, 4.69) is 10.3 Å². The molecule has 12 heavy (non-hydrogen) atoms. The fourth-order valence-electron chi connectivity index (χ4n) is 0.883. The maximum atomic E-state index is 12.4. The van der Waals surface area contributed by atoms with Gasteiger partial charge in [0.25, 0.3) is 0 Å². The van der Waals surface area contributed by atoms with Crippen LogP contribution in [0.3, 0.4) is 0 Å². The quantitative estimate of drug-likeness (QED) is 0.651. The number of rotatable bonds is 1. The Kier molecular flexibility index (Phi) is 2.31. The molecule has 1 N–H and O–H groups in total. The van der Waals surface area contributed by atoms with Crippen molar-refractivity contribution in [1.29, 1.82) is 0 Å². The van der Waals surface area contributed by atoms with Crippen LogP contribution in [-0.2, 0) is 0 Å². The average molecular weight is 168 g/mol. The van der Waals surface area contributed by atoms with Crippen molar-refractivity contribution >= 4 is 5.69 Å². The molecular formula is C9H13FN2. The van der Waals surface area contributed by atoms with E-state index in [0.29, 0.717) is 0 Å². The van der Waals surface area contributed by atoms with E-state index in [0.717, 1.165) is 5.69 Å². The van der Waals surface area contributed by atoms with Crippen LogP contribution in [0.1, 0.15) is 20.8 Å². The van der Waals surface area contributed by atoms with E-state index in [-0.39, 0.29) is 5.54 Å². The summed E-state index contributed by atoms with van der Waals surface area (Å²) in [6, 6.07) is 3.02.